The molecule has 16 heavy (non-hydrogen) atoms. The largest absolute Gasteiger partial charge is 0.399 e. The van der Waals surface area contributed by atoms with Crippen molar-refractivity contribution in [2.75, 3.05) is 17.1 Å². The normalized spacial score (nSPS) is 16.1. The first kappa shape index (κ1) is 11.2. The van der Waals surface area contributed by atoms with Gasteiger partial charge in [0.25, 0.3) is 0 Å². The molecular formula is C10H15N3O2S. The predicted molar refractivity (Wildman–Crippen MR) is 64.3 cm³/mol. The van der Waals surface area contributed by atoms with Crippen LogP contribution in [0.15, 0.2) is 24.3 Å². The number of hydrogen-bond acceptors (Lipinski definition) is 3. The van der Waals surface area contributed by atoms with Gasteiger partial charge >= 0.3 is 10.2 Å². The zero-order valence-electron chi connectivity index (χ0n) is 9.05. The first-order chi connectivity index (χ1) is 7.49. The standard InChI is InChI=1S/C10H15N3O2S/c1-13(10-4-2-3-8(11)7-10)16(14,15)12-9-5-6-9/h2-4,7,9,12H,5-6,11H2,1H3. The van der Waals surface area contributed by atoms with Gasteiger partial charge in [-0.15, -0.1) is 0 Å². The van der Waals surface area contributed by atoms with Crippen molar-refractivity contribution < 1.29 is 8.42 Å². The molecule has 0 atom stereocenters. The number of anilines is 2. The Labute approximate surface area is 95.4 Å². The molecule has 1 aliphatic rings. The molecule has 0 bridgehead atoms. The van der Waals surface area contributed by atoms with E-state index in [0.29, 0.717) is 11.4 Å². The number of nitrogen functional groups attached to an aromatic ring is 1. The van der Waals surface area contributed by atoms with E-state index in [1.165, 1.54) is 11.4 Å². The fraction of sp³-hybridized carbons (Fsp3) is 0.400. The van der Waals surface area contributed by atoms with Crippen molar-refractivity contribution in [3.8, 4) is 0 Å². The topological polar surface area (TPSA) is 75.4 Å². The van der Waals surface area contributed by atoms with Gasteiger partial charge in [0.05, 0.1) is 5.69 Å². The molecule has 0 radical (unpaired) electrons. The summed E-state index contributed by atoms with van der Waals surface area (Å²) in [5, 5.41) is 0. The summed E-state index contributed by atoms with van der Waals surface area (Å²) < 4.78 is 27.5. The monoisotopic (exact) mass is 241 g/mol. The highest BCUT2D eigenvalue weighted by molar-refractivity contribution is 7.90. The van der Waals surface area contributed by atoms with Crippen LogP contribution in [0.4, 0.5) is 11.4 Å². The Kier molecular flexibility index (Phi) is 2.77. The molecule has 0 spiro atoms. The summed E-state index contributed by atoms with van der Waals surface area (Å²) in [5.41, 5.74) is 6.72. The van der Waals surface area contributed by atoms with Gasteiger partial charge in [-0.1, -0.05) is 6.07 Å². The van der Waals surface area contributed by atoms with E-state index in [4.69, 9.17) is 5.73 Å². The number of nitrogens with one attached hydrogen (secondary N) is 1. The first-order valence-electron chi connectivity index (χ1n) is 5.11. The summed E-state index contributed by atoms with van der Waals surface area (Å²) in [7, 11) is -1.93. The van der Waals surface area contributed by atoms with Gasteiger partial charge in [0.15, 0.2) is 0 Å². The Bertz CT molecular complexity index is 483. The predicted octanol–water partition coefficient (Wildman–Crippen LogP) is 0.702. The maximum absolute atomic E-state index is 11.9. The smallest absolute Gasteiger partial charge is 0.301 e. The van der Waals surface area contributed by atoms with Gasteiger partial charge in [-0.3, -0.25) is 4.31 Å². The fourth-order valence-electron chi connectivity index (χ4n) is 1.35. The molecule has 88 valence electrons. The molecule has 0 aromatic heterocycles. The molecule has 0 unspecified atom stereocenters. The van der Waals surface area contributed by atoms with Crippen molar-refractivity contribution in [2.24, 2.45) is 0 Å². The SMILES string of the molecule is CN(c1cccc(N)c1)S(=O)(=O)NC1CC1. The van der Waals surface area contributed by atoms with Crippen molar-refractivity contribution in [2.45, 2.75) is 18.9 Å². The van der Waals surface area contributed by atoms with Crippen LogP contribution in [0.25, 0.3) is 0 Å². The maximum Gasteiger partial charge on any atom is 0.301 e. The highest BCUT2D eigenvalue weighted by Crippen LogP contribution is 2.23. The Morgan fingerprint density at radius 1 is 1.44 bits per heavy atom. The van der Waals surface area contributed by atoms with Crippen molar-refractivity contribution >= 4 is 21.6 Å². The van der Waals surface area contributed by atoms with E-state index < -0.39 is 10.2 Å². The number of benzene rings is 1. The number of nitrogens with zero attached hydrogens (tertiary/aromatic N) is 1. The van der Waals surface area contributed by atoms with E-state index >= 15 is 0 Å². The molecule has 6 heteroatoms. The zero-order chi connectivity index (χ0) is 11.8. The second kappa shape index (κ2) is 3.95. The van der Waals surface area contributed by atoms with E-state index in [1.807, 2.05) is 0 Å². The molecule has 0 amide bonds. The van der Waals surface area contributed by atoms with Crippen molar-refractivity contribution in [1.82, 2.24) is 4.72 Å². The van der Waals surface area contributed by atoms with E-state index in [0.717, 1.165) is 12.8 Å². The molecule has 3 N–H and O–H groups in total. The first-order valence-corrected chi connectivity index (χ1v) is 6.55. The number of rotatable bonds is 4. The summed E-state index contributed by atoms with van der Waals surface area (Å²) in [6.07, 6.45) is 1.84. The van der Waals surface area contributed by atoms with Crippen LogP contribution in [0.2, 0.25) is 0 Å². The average molecular weight is 241 g/mol. The Morgan fingerprint density at radius 2 is 2.12 bits per heavy atom. The van der Waals surface area contributed by atoms with Crippen molar-refractivity contribution in [3.63, 3.8) is 0 Å². The lowest BCUT2D eigenvalue weighted by Gasteiger charge is -2.19. The zero-order valence-corrected chi connectivity index (χ0v) is 9.87. The number of nitrogens with two attached hydrogens (primary N) is 1. The molecule has 2 rings (SSSR count). The van der Waals surface area contributed by atoms with E-state index in [-0.39, 0.29) is 6.04 Å². The average Bonchev–Trinajstić information content (AvgIpc) is 3.00. The van der Waals surface area contributed by atoms with Gasteiger partial charge in [0.2, 0.25) is 0 Å². The Balaban J connectivity index is 2.20. The number of hydrogen-bond donors (Lipinski definition) is 2. The molecule has 1 aromatic carbocycles. The van der Waals surface area contributed by atoms with Crippen LogP contribution in [0.1, 0.15) is 12.8 Å². The Hall–Kier alpha value is -1.27. The maximum atomic E-state index is 11.9. The van der Waals surface area contributed by atoms with Crippen LogP contribution < -0.4 is 14.8 Å². The van der Waals surface area contributed by atoms with Gasteiger partial charge < -0.3 is 5.73 Å². The molecule has 0 saturated heterocycles. The second-order valence-electron chi connectivity index (χ2n) is 3.96. The minimum Gasteiger partial charge on any atom is -0.399 e. The lowest BCUT2D eigenvalue weighted by molar-refractivity contribution is 0.579. The van der Waals surface area contributed by atoms with Crippen LogP contribution in [-0.2, 0) is 10.2 Å². The molecule has 1 fully saturated rings. The van der Waals surface area contributed by atoms with Gasteiger partial charge in [0, 0.05) is 18.8 Å². The summed E-state index contributed by atoms with van der Waals surface area (Å²) in [6, 6.07) is 6.90. The van der Waals surface area contributed by atoms with Gasteiger partial charge in [0.1, 0.15) is 0 Å². The molecular weight excluding hydrogens is 226 g/mol. The molecule has 0 aliphatic heterocycles. The minimum absolute atomic E-state index is 0.105. The summed E-state index contributed by atoms with van der Waals surface area (Å²) in [4.78, 5) is 0. The summed E-state index contributed by atoms with van der Waals surface area (Å²) in [6.45, 7) is 0. The molecule has 1 saturated carbocycles. The van der Waals surface area contributed by atoms with Crippen LogP contribution in [0.3, 0.4) is 0 Å². The summed E-state index contributed by atoms with van der Waals surface area (Å²) >= 11 is 0. The van der Waals surface area contributed by atoms with E-state index in [9.17, 15) is 8.42 Å². The van der Waals surface area contributed by atoms with Gasteiger partial charge in [-0.25, -0.2) is 0 Å². The lowest BCUT2D eigenvalue weighted by atomic mass is 10.3. The minimum atomic E-state index is -3.44. The van der Waals surface area contributed by atoms with Crippen LogP contribution in [0.5, 0.6) is 0 Å². The molecule has 1 aromatic rings. The van der Waals surface area contributed by atoms with E-state index in [2.05, 4.69) is 4.72 Å². The third kappa shape index (κ3) is 2.45. The van der Waals surface area contributed by atoms with Crippen molar-refractivity contribution in [1.29, 1.82) is 0 Å². The Morgan fingerprint density at radius 3 is 2.69 bits per heavy atom. The molecule has 1 aliphatic carbocycles. The van der Waals surface area contributed by atoms with Crippen molar-refractivity contribution in [3.05, 3.63) is 24.3 Å². The van der Waals surface area contributed by atoms with Gasteiger partial charge in [-0.05, 0) is 31.0 Å². The van der Waals surface area contributed by atoms with Gasteiger partial charge in [-0.2, -0.15) is 13.1 Å². The molecule has 0 heterocycles. The highest BCUT2D eigenvalue weighted by atomic mass is 32.2. The van der Waals surface area contributed by atoms with Crippen LogP contribution >= 0.6 is 0 Å². The summed E-state index contributed by atoms with van der Waals surface area (Å²) in [5.74, 6) is 0. The second-order valence-corrected chi connectivity index (χ2v) is 5.69. The molecule has 5 nitrogen and oxygen atoms in total. The fourth-order valence-corrected chi connectivity index (χ4v) is 2.56. The van der Waals surface area contributed by atoms with Crippen LogP contribution in [-0.4, -0.2) is 21.5 Å². The van der Waals surface area contributed by atoms with E-state index in [1.54, 1.807) is 24.3 Å². The van der Waals surface area contributed by atoms with Crippen LogP contribution in [0, 0.1) is 0 Å². The highest BCUT2D eigenvalue weighted by Gasteiger charge is 2.29. The quantitative estimate of drug-likeness (QED) is 0.762. The lowest BCUT2D eigenvalue weighted by Crippen LogP contribution is -2.39. The third-order valence-electron chi connectivity index (χ3n) is 2.49. The third-order valence-corrected chi connectivity index (χ3v) is 4.05.